The Morgan fingerprint density at radius 1 is 0.733 bits per heavy atom. The molecule has 4 fully saturated rings. The fraction of sp³-hybridized carbons (Fsp3) is 0.964. The Hall–Kier alpha value is -0.530. The molecule has 4 aliphatic carbocycles. The van der Waals surface area contributed by atoms with Crippen LogP contribution in [-0.2, 0) is 9.53 Å². The van der Waals surface area contributed by atoms with Crippen LogP contribution in [0.15, 0.2) is 0 Å². The van der Waals surface area contributed by atoms with Crippen molar-refractivity contribution in [2.24, 2.45) is 17.3 Å². The van der Waals surface area contributed by atoms with E-state index >= 15 is 0 Å². The fourth-order valence-electron chi connectivity index (χ4n) is 6.48. The van der Waals surface area contributed by atoms with Gasteiger partial charge in [-0.25, -0.2) is 0 Å². The molecule has 0 aromatic heterocycles. The summed E-state index contributed by atoms with van der Waals surface area (Å²) in [4.78, 5) is 11.9. The highest BCUT2D eigenvalue weighted by Crippen LogP contribution is 2.60. The molecule has 4 rings (SSSR count). The number of hydrogen-bond donors (Lipinski definition) is 0. The van der Waals surface area contributed by atoms with Crippen LogP contribution >= 0.6 is 0 Å². The van der Waals surface area contributed by atoms with Crippen molar-refractivity contribution < 1.29 is 9.53 Å². The molecule has 0 atom stereocenters. The number of ether oxygens (including phenoxy) is 1. The maximum atomic E-state index is 11.9. The summed E-state index contributed by atoms with van der Waals surface area (Å²) in [5.74, 6) is 1.99. The Kier molecular flexibility index (Phi) is 11.2. The molecule has 2 bridgehead atoms. The molecular weight excluding hydrogens is 368 g/mol. The maximum Gasteiger partial charge on any atom is 0.306 e. The monoisotopic (exact) mass is 420 g/mol. The number of hydrogen-bond acceptors (Lipinski definition) is 2. The summed E-state index contributed by atoms with van der Waals surface area (Å²) >= 11 is 0. The molecule has 4 aliphatic rings. The first-order valence-corrected chi connectivity index (χ1v) is 13.7. The molecule has 0 N–H and O–H groups in total. The van der Waals surface area contributed by atoms with Crippen molar-refractivity contribution in [2.75, 3.05) is 0 Å². The van der Waals surface area contributed by atoms with Gasteiger partial charge in [0.15, 0.2) is 0 Å². The minimum atomic E-state index is -0.0748. The van der Waals surface area contributed by atoms with Crippen LogP contribution in [0.5, 0.6) is 0 Å². The van der Waals surface area contributed by atoms with Crippen molar-refractivity contribution in [3.63, 3.8) is 0 Å². The van der Waals surface area contributed by atoms with Crippen LogP contribution in [0.1, 0.15) is 150 Å². The minimum Gasteiger partial charge on any atom is -0.459 e. The predicted octanol–water partition coefficient (Wildman–Crippen LogP) is 9.01. The molecule has 0 saturated heterocycles. The minimum absolute atomic E-state index is 0.0420. The van der Waals surface area contributed by atoms with Crippen molar-refractivity contribution >= 4 is 5.97 Å². The molecule has 30 heavy (non-hydrogen) atoms. The Bertz CT molecular complexity index is 445. The number of esters is 1. The highest BCUT2D eigenvalue weighted by Gasteiger charge is 2.53. The number of rotatable bonds is 10. The Morgan fingerprint density at radius 2 is 1.27 bits per heavy atom. The molecule has 2 nitrogen and oxygen atoms in total. The van der Waals surface area contributed by atoms with E-state index in [2.05, 4.69) is 27.7 Å². The van der Waals surface area contributed by atoms with Gasteiger partial charge in [0, 0.05) is 6.42 Å². The van der Waals surface area contributed by atoms with Gasteiger partial charge in [0.05, 0.1) is 0 Å². The van der Waals surface area contributed by atoms with Crippen LogP contribution in [0.25, 0.3) is 0 Å². The van der Waals surface area contributed by atoms with E-state index in [0.29, 0.717) is 11.8 Å². The third kappa shape index (κ3) is 7.27. The predicted molar refractivity (Wildman–Crippen MR) is 129 cm³/mol. The Labute approximate surface area is 188 Å². The first-order chi connectivity index (χ1) is 14.5. The molecule has 0 unspecified atom stereocenters. The van der Waals surface area contributed by atoms with Gasteiger partial charge in [0.2, 0.25) is 0 Å². The van der Waals surface area contributed by atoms with Crippen LogP contribution in [0, 0.1) is 17.3 Å². The summed E-state index contributed by atoms with van der Waals surface area (Å²) in [6.07, 6.45) is 24.5. The maximum absolute atomic E-state index is 11.9. The van der Waals surface area contributed by atoms with Gasteiger partial charge in [-0.3, -0.25) is 4.79 Å². The van der Waals surface area contributed by atoms with Crippen LogP contribution in [0.2, 0.25) is 0 Å². The first-order valence-electron chi connectivity index (χ1n) is 13.7. The number of carbonyl (C=O) groups excluding carboxylic acids is 1. The lowest BCUT2D eigenvalue weighted by molar-refractivity contribution is -0.182. The topological polar surface area (TPSA) is 26.3 Å². The zero-order valence-corrected chi connectivity index (χ0v) is 20.9. The SMILES string of the molecule is CCCC(=O)OC12CCC(C3CCC(CC)CC3)(CC1)CC2.CCCCCCCC. The summed E-state index contributed by atoms with van der Waals surface area (Å²) in [7, 11) is 0. The lowest BCUT2D eigenvalue weighted by Crippen LogP contribution is -2.51. The van der Waals surface area contributed by atoms with E-state index in [4.69, 9.17) is 4.74 Å². The summed E-state index contributed by atoms with van der Waals surface area (Å²) < 4.78 is 5.93. The second-order valence-corrected chi connectivity index (χ2v) is 10.8. The van der Waals surface area contributed by atoms with Crippen molar-refractivity contribution in [3.05, 3.63) is 0 Å². The summed E-state index contributed by atoms with van der Waals surface area (Å²) in [5, 5.41) is 0. The third-order valence-corrected chi connectivity index (χ3v) is 8.77. The van der Waals surface area contributed by atoms with Gasteiger partial charge in [0.1, 0.15) is 5.60 Å². The van der Waals surface area contributed by atoms with E-state index in [-0.39, 0.29) is 11.6 Å². The lowest BCUT2D eigenvalue weighted by atomic mass is 9.51. The van der Waals surface area contributed by atoms with Crippen LogP contribution in [0.4, 0.5) is 0 Å². The fourth-order valence-corrected chi connectivity index (χ4v) is 6.48. The van der Waals surface area contributed by atoms with Crippen molar-refractivity contribution in [3.8, 4) is 0 Å². The van der Waals surface area contributed by atoms with Gasteiger partial charge < -0.3 is 4.74 Å². The number of unbranched alkanes of at least 4 members (excludes halogenated alkanes) is 5. The van der Waals surface area contributed by atoms with Crippen molar-refractivity contribution in [2.45, 2.75) is 155 Å². The zero-order valence-electron chi connectivity index (χ0n) is 20.9. The molecule has 2 heteroatoms. The van der Waals surface area contributed by atoms with Gasteiger partial charge in [-0.2, -0.15) is 0 Å². The molecule has 0 aromatic carbocycles. The van der Waals surface area contributed by atoms with Crippen LogP contribution < -0.4 is 0 Å². The second-order valence-electron chi connectivity index (χ2n) is 10.8. The Balaban J connectivity index is 0.000000343. The van der Waals surface area contributed by atoms with E-state index in [1.54, 1.807) is 0 Å². The van der Waals surface area contributed by atoms with Crippen molar-refractivity contribution in [1.82, 2.24) is 0 Å². The molecule has 0 aromatic rings. The largest absolute Gasteiger partial charge is 0.459 e. The van der Waals surface area contributed by atoms with Crippen LogP contribution in [-0.4, -0.2) is 11.6 Å². The lowest BCUT2D eigenvalue weighted by Gasteiger charge is -2.56. The highest BCUT2D eigenvalue weighted by molar-refractivity contribution is 5.69. The zero-order chi connectivity index (χ0) is 21.9. The first kappa shape index (κ1) is 25.7. The second kappa shape index (κ2) is 13.1. The van der Waals surface area contributed by atoms with E-state index in [1.165, 1.54) is 89.9 Å². The van der Waals surface area contributed by atoms with Gasteiger partial charge in [0.25, 0.3) is 0 Å². The molecule has 0 amide bonds. The normalized spacial score (nSPS) is 32.9. The number of carbonyl (C=O) groups is 1. The smallest absolute Gasteiger partial charge is 0.306 e. The molecule has 0 heterocycles. The van der Waals surface area contributed by atoms with Crippen molar-refractivity contribution in [1.29, 1.82) is 0 Å². The van der Waals surface area contributed by atoms with Gasteiger partial charge >= 0.3 is 5.97 Å². The summed E-state index contributed by atoms with van der Waals surface area (Å²) in [6.45, 7) is 8.92. The van der Waals surface area contributed by atoms with Gasteiger partial charge in [-0.05, 0) is 75.0 Å². The molecule has 176 valence electrons. The average Bonchev–Trinajstić information content (AvgIpc) is 2.78. The van der Waals surface area contributed by atoms with Gasteiger partial charge in [-0.1, -0.05) is 85.5 Å². The highest BCUT2D eigenvalue weighted by atomic mass is 16.6. The van der Waals surface area contributed by atoms with Crippen LogP contribution in [0.3, 0.4) is 0 Å². The average molecular weight is 421 g/mol. The molecule has 0 spiro atoms. The quantitative estimate of drug-likeness (QED) is 0.260. The Morgan fingerprint density at radius 3 is 1.70 bits per heavy atom. The third-order valence-electron chi connectivity index (χ3n) is 8.77. The molecule has 0 radical (unpaired) electrons. The standard InChI is InChI=1S/C20H34O2.C8H18/c1-3-5-18(21)22-20-13-10-19(11-14-20,12-15-20)17-8-6-16(4-2)7-9-17;1-3-5-7-8-6-4-2/h16-17H,3-15H2,1-2H3;3-8H2,1-2H3. The summed E-state index contributed by atoms with van der Waals surface area (Å²) in [6, 6.07) is 0. The molecular formula is C28H52O2. The van der Waals surface area contributed by atoms with E-state index in [9.17, 15) is 4.79 Å². The van der Waals surface area contributed by atoms with E-state index in [0.717, 1.165) is 37.5 Å². The van der Waals surface area contributed by atoms with E-state index < -0.39 is 0 Å². The van der Waals surface area contributed by atoms with E-state index in [1.807, 2.05) is 0 Å². The molecule has 4 saturated carbocycles. The number of fused-ring (bicyclic) bond motifs is 3. The summed E-state index contributed by atoms with van der Waals surface area (Å²) in [5.41, 5.74) is 0.534. The van der Waals surface area contributed by atoms with Gasteiger partial charge in [-0.15, -0.1) is 0 Å². The molecule has 0 aliphatic heterocycles.